The number of hydrogen-bond donors (Lipinski definition) is 0. The molecule has 0 bridgehead atoms. The second kappa shape index (κ2) is 5.98. The topological polar surface area (TPSA) is 74.1 Å². The zero-order valence-corrected chi connectivity index (χ0v) is 14.0. The summed E-state index contributed by atoms with van der Waals surface area (Å²) in [5, 5.41) is 3.99. The minimum atomic E-state index is -4.04. The molecule has 0 unspecified atom stereocenters. The fourth-order valence-corrected chi connectivity index (χ4v) is 3.76. The highest BCUT2D eigenvalue weighted by atomic mass is 79.9. The summed E-state index contributed by atoms with van der Waals surface area (Å²) in [5.74, 6) is 0. The van der Waals surface area contributed by atoms with Gasteiger partial charge in [-0.05, 0) is 22.0 Å². The Bertz CT molecular complexity index is 748. The van der Waals surface area contributed by atoms with Crippen LogP contribution in [0.15, 0.2) is 27.8 Å². The summed E-state index contributed by atoms with van der Waals surface area (Å²) in [6.45, 7) is -0.0323. The largest absolute Gasteiger partial charge is 0.378 e. The van der Waals surface area contributed by atoms with Crippen LogP contribution in [0.5, 0.6) is 0 Å². The van der Waals surface area contributed by atoms with Gasteiger partial charge in [0.25, 0.3) is 9.05 Å². The van der Waals surface area contributed by atoms with Crippen molar-refractivity contribution < 1.29 is 13.2 Å². The summed E-state index contributed by atoms with van der Waals surface area (Å²) in [4.78, 5) is 3.71. The minimum absolute atomic E-state index is 0.0323. The lowest BCUT2D eigenvalue weighted by Crippen LogP contribution is -1.98. The zero-order valence-electron chi connectivity index (χ0n) is 10.0. The molecule has 6 nitrogen and oxygen atoms in total. The maximum Gasteiger partial charge on any atom is 0.266 e. The van der Waals surface area contributed by atoms with Gasteiger partial charge in [-0.1, -0.05) is 11.6 Å². The lowest BCUT2D eigenvalue weighted by Gasteiger charge is -2.02. The molecule has 2 aromatic heterocycles. The molecule has 0 aliphatic rings. The molecule has 0 amide bonds. The molecule has 0 spiro atoms. The Hall–Kier alpha value is -0.670. The molecular formula is C10H8BrCl2N3O3S. The first-order valence-corrected chi connectivity index (χ1v) is 8.64. The third kappa shape index (κ3) is 3.15. The van der Waals surface area contributed by atoms with Gasteiger partial charge in [0, 0.05) is 28.5 Å². The first-order valence-electron chi connectivity index (χ1n) is 5.16. The molecule has 0 saturated carbocycles. The summed E-state index contributed by atoms with van der Waals surface area (Å²) in [6.07, 6.45) is 3.07. The lowest BCUT2D eigenvalue weighted by molar-refractivity contribution is 0.179. The summed E-state index contributed by atoms with van der Waals surface area (Å²) >= 11 is 9.34. The molecule has 10 heteroatoms. The third-order valence-electron chi connectivity index (χ3n) is 2.32. The Kier molecular flexibility index (Phi) is 4.70. The first-order chi connectivity index (χ1) is 9.34. The number of nitrogens with zero attached hydrogens (tertiary/aromatic N) is 3. The second-order valence-electron chi connectivity index (χ2n) is 3.71. The SMILES string of the molecule is COCc1nn(-c2cncc(Br)c2)c(Cl)c1S(=O)(=O)Cl. The van der Waals surface area contributed by atoms with Gasteiger partial charge < -0.3 is 4.74 Å². The summed E-state index contributed by atoms with van der Waals surface area (Å²) in [7, 11) is 2.77. The molecular weight excluding hydrogens is 393 g/mol. The van der Waals surface area contributed by atoms with E-state index in [0.717, 1.165) is 0 Å². The first kappa shape index (κ1) is 15.7. The van der Waals surface area contributed by atoms with Crippen LogP contribution in [0, 0.1) is 0 Å². The van der Waals surface area contributed by atoms with E-state index < -0.39 is 9.05 Å². The van der Waals surface area contributed by atoms with E-state index in [-0.39, 0.29) is 22.3 Å². The molecule has 0 aromatic carbocycles. The van der Waals surface area contributed by atoms with E-state index in [1.54, 1.807) is 12.3 Å². The Morgan fingerprint density at radius 1 is 1.45 bits per heavy atom. The van der Waals surface area contributed by atoms with Crippen molar-refractivity contribution in [1.82, 2.24) is 14.8 Å². The number of rotatable bonds is 4. The van der Waals surface area contributed by atoms with Gasteiger partial charge in [-0.15, -0.1) is 0 Å². The van der Waals surface area contributed by atoms with Crippen molar-refractivity contribution in [3.8, 4) is 5.69 Å². The molecule has 0 saturated heterocycles. The molecule has 0 aliphatic heterocycles. The van der Waals surface area contributed by atoms with E-state index in [1.165, 1.54) is 18.0 Å². The third-order valence-corrected chi connectivity index (χ3v) is 4.59. The number of methoxy groups -OCH3 is 1. The van der Waals surface area contributed by atoms with Crippen LogP contribution < -0.4 is 0 Å². The average Bonchev–Trinajstić information content (AvgIpc) is 2.66. The van der Waals surface area contributed by atoms with Crippen LogP contribution in [-0.2, 0) is 20.4 Å². The number of aromatic nitrogens is 3. The van der Waals surface area contributed by atoms with Crippen molar-refractivity contribution in [3.05, 3.63) is 33.8 Å². The molecule has 2 heterocycles. The molecule has 0 aliphatic carbocycles. The molecule has 2 aromatic rings. The molecule has 0 radical (unpaired) electrons. The van der Waals surface area contributed by atoms with Crippen molar-refractivity contribution in [1.29, 1.82) is 0 Å². The normalized spacial score (nSPS) is 11.8. The Morgan fingerprint density at radius 3 is 2.70 bits per heavy atom. The standard InChI is InChI=1S/C10H8BrCl2N3O3S/c1-19-5-8-9(20(13,17)18)10(12)16(15-8)7-2-6(11)3-14-4-7/h2-4H,5H2,1H3. The quantitative estimate of drug-likeness (QED) is 0.737. The number of hydrogen-bond acceptors (Lipinski definition) is 5. The smallest absolute Gasteiger partial charge is 0.266 e. The van der Waals surface area contributed by atoms with Crippen molar-refractivity contribution in [2.75, 3.05) is 7.11 Å². The van der Waals surface area contributed by atoms with E-state index in [2.05, 4.69) is 26.0 Å². The van der Waals surface area contributed by atoms with Crippen molar-refractivity contribution in [2.45, 2.75) is 11.5 Å². The Balaban J connectivity index is 2.68. The van der Waals surface area contributed by atoms with Crippen LogP contribution in [0.25, 0.3) is 5.69 Å². The summed E-state index contributed by atoms with van der Waals surface area (Å²) < 4.78 is 30.1. The van der Waals surface area contributed by atoms with E-state index >= 15 is 0 Å². The van der Waals surface area contributed by atoms with Crippen LogP contribution in [0.4, 0.5) is 0 Å². The van der Waals surface area contributed by atoms with Gasteiger partial charge >= 0.3 is 0 Å². The highest BCUT2D eigenvalue weighted by Crippen LogP contribution is 2.31. The Morgan fingerprint density at radius 2 is 2.15 bits per heavy atom. The van der Waals surface area contributed by atoms with Crippen LogP contribution in [0.2, 0.25) is 5.15 Å². The fourth-order valence-electron chi connectivity index (χ4n) is 1.59. The molecule has 0 fully saturated rings. The fraction of sp³-hybridized carbons (Fsp3) is 0.200. The van der Waals surface area contributed by atoms with Crippen LogP contribution in [-0.4, -0.2) is 30.3 Å². The highest BCUT2D eigenvalue weighted by Gasteiger charge is 2.27. The summed E-state index contributed by atoms with van der Waals surface area (Å²) in [6, 6.07) is 1.69. The van der Waals surface area contributed by atoms with Crippen molar-refractivity contribution in [3.63, 3.8) is 0 Å². The van der Waals surface area contributed by atoms with Gasteiger partial charge in [0.05, 0.1) is 18.5 Å². The van der Waals surface area contributed by atoms with Gasteiger partial charge in [0.1, 0.15) is 10.6 Å². The predicted octanol–water partition coefficient (Wildman–Crippen LogP) is 2.76. The van der Waals surface area contributed by atoms with Crippen LogP contribution >= 0.6 is 38.2 Å². The summed E-state index contributed by atoms with van der Waals surface area (Å²) in [5.41, 5.74) is 0.626. The maximum atomic E-state index is 11.6. The van der Waals surface area contributed by atoms with Crippen molar-refractivity contribution in [2.24, 2.45) is 0 Å². The minimum Gasteiger partial charge on any atom is -0.378 e. The second-order valence-corrected chi connectivity index (χ2v) is 7.49. The monoisotopic (exact) mass is 399 g/mol. The average molecular weight is 401 g/mol. The Labute approximate surface area is 133 Å². The van der Waals surface area contributed by atoms with E-state index in [4.69, 9.17) is 27.0 Å². The van der Waals surface area contributed by atoms with Gasteiger partial charge in [0.15, 0.2) is 5.15 Å². The predicted molar refractivity (Wildman–Crippen MR) is 77.8 cm³/mol. The van der Waals surface area contributed by atoms with Gasteiger partial charge in [0.2, 0.25) is 0 Å². The molecule has 20 heavy (non-hydrogen) atoms. The van der Waals surface area contributed by atoms with Crippen LogP contribution in [0.1, 0.15) is 5.69 Å². The number of ether oxygens (including phenoxy) is 1. The van der Waals surface area contributed by atoms with Gasteiger partial charge in [-0.25, -0.2) is 13.1 Å². The van der Waals surface area contributed by atoms with Gasteiger partial charge in [-0.2, -0.15) is 5.10 Å². The zero-order chi connectivity index (χ0) is 14.9. The lowest BCUT2D eigenvalue weighted by atomic mass is 10.4. The van der Waals surface area contributed by atoms with E-state index in [0.29, 0.717) is 10.2 Å². The maximum absolute atomic E-state index is 11.6. The van der Waals surface area contributed by atoms with Gasteiger partial charge in [-0.3, -0.25) is 4.98 Å². The van der Waals surface area contributed by atoms with Crippen LogP contribution in [0.3, 0.4) is 0 Å². The number of halogens is 3. The number of pyridine rings is 1. The molecule has 2 rings (SSSR count). The van der Waals surface area contributed by atoms with Crippen molar-refractivity contribution >= 4 is 47.3 Å². The van der Waals surface area contributed by atoms with E-state index in [9.17, 15) is 8.42 Å². The molecule has 108 valence electrons. The highest BCUT2D eigenvalue weighted by molar-refractivity contribution is 9.10. The molecule has 0 N–H and O–H groups in total. The van der Waals surface area contributed by atoms with E-state index in [1.807, 2.05) is 0 Å². The molecule has 0 atom stereocenters.